The smallest absolute Gasteiger partial charge is 0.218 e. The zero-order valence-corrected chi connectivity index (χ0v) is 8.67. The van der Waals surface area contributed by atoms with E-state index in [1.165, 1.54) is 0 Å². The highest BCUT2D eigenvalue weighted by atomic mass is 79.9. The highest BCUT2D eigenvalue weighted by molar-refractivity contribution is 9.10. The summed E-state index contributed by atoms with van der Waals surface area (Å²) in [6.07, 6.45) is 0. The monoisotopic (exact) mass is 243 g/mol. The molecule has 4 nitrogen and oxygen atoms in total. The zero-order valence-electron chi connectivity index (χ0n) is 7.08. The van der Waals surface area contributed by atoms with Crippen molar-refractivity contribution in [2.45, 2.75) is 6.92 Å². The van der Waals surface area contributed by atoms with E-state index >= 15 is 0 Å². The Hall–Kier alpha value is -1.07. The summed E-state index contributed by atoms with van der Waals surface area (Å²) in [5.41, 5.74) is 8.80. The van der Waals surface area contributed by atoms with Crippen LogP contribution in [0.3, 0.4) is 0 Å². The van der Waals surface area contributed by atoms with Crippen molar-refractivity contribution in [1.29, 1.82) is 0 Å². The Bertz CT molecular complexity index is 338. The molecule has 0 saturated carbocycles. The van der Waals surface area contributed by atoms with Crippen LogP contribution in [0.5, 0.6) is 0 Å². The Labute approximate surface area is 84.6 Å². The number of benzene rings is 1. The summed E-state index contributed by atoms with van der Waals surface area (Å²) in [4.78, 5) is 3.92. The molecule has 70 valence electrons. The van der Waals surface area contributed by atoms with Gasteiger partial charge in [-0.25, -0.2) is 10.5 Å². The number of nitrogens with zero attached hydrogens (tertiary/aromatic N) is 1. The van der Waals surface area contributed by atoms with E-state index < -0.39 is 0 Å². The average molecular weight is 244 g/mol. The van der Waals surface area contributed by atoms with Gasteiger partial charge in [0.15, 0.2) is 0 Å². The van der Waals surface area contributed by atoms with Crippen molar-refractivity contribution in [3.8, 4) is 0 Å². The number of hydrogen-bond acceptors (Lipinski definition) is 2. The molecule has 13 heavy (non-hydrogen) atoms. The maximum Gasteiger partial charge on any atom is 0.218 e. The van der Waals surface area contributed by atoms with E-state index in [1.807, 2.05) is 19.1 Å². The molecule has 1 aromatic carbocycles. The van der Waals surface area contributed by atoms with Crippen LogP contribution in [-0.2, 0) is 0 Å². The largest absolute Gasteiger partial charge is 0.368 e. The molecular weight excluding hydrogens is 234 g/mol. The molecule has 1 aromatic rings. The third-order valence-electron chi connectivity index (χ3n) is 1.53. The van der Waals surface area contributed by atoms with E-state index in [0.717, 1.165) is 10.0 Å². The first kappa shape index (κ1) is 10.0. The lowest BCUT2D eigenvalue weighted by Gasteiger charge is -2.02. The lowest BCUT2D eigenvalue weighted by Crippen LogP contribution is -2.27. The SMILES string of the molecule is Cc1cccc(N=C(N)NO)c1Br. The van der Waals surface area contributed by atoms with Crippen LogP contribution in [0, 0.1) is 6.92 Å². The number of guanidine groups is 1. The molecule has 0 heterocycles. The third-order valence-corrected chi connectivity index (χ3v) is 2.56. The molecule has 0 atom stereocenters. The first-order chi connectivity index (χ1) is 6.15. The minimum Gasteiger partial charge on any atom is -0.368 e. The van der Waals surface area contributed by atoms with Gasteiger partial charge in [0.1, 0.15) is 0 Å². The predicted molar refractivity (Wildman–Crippen MR) is 55.1 cm³/mol. The average Bonchev–Trinajstić information content (AvgIpc) is 2.13. The number of aryl methyl sites for hydroxylation is 1. The second-order valence-electron chi connectivity index (χ2n) is 2.52. The first-order valence-electron chi connectivity index (χ1n) is 3.64. The summed E-state index contributed by atoms with van der Waals surface area (Å²) >= 11 is 3.37. The molecule has 0 amide bonds. The van der Waals surface area contributed by atoms with Crippen molar-refractivity contribution in [1.82, 2.24) is 5.48 Å². The lowest BCUT2D eigenvalue weighted by molar-refractivity contribution is 0.233. The van der Waals surface area contributed by atoms with E-state index in [1.54, 1.807) is 11.5 Å². The topological polar surface area (TPSA) is 70.6 Å². The molecule has 0 spiro atoms. The van der Waals surface area contributed by atoms with Crippen LogP contribution >= 0.6 is 15.9 Å². The van der Waals surface area contributed by atoms with Crippen molar-refractivity contribution >= 4 is 27.6 Å². The number of nitrogens with two attached hydrogens (primary N) is 1. The molecule has 1 rings (SSSR count). The predicted octanol–water partition coefficient (Wildman–Crippen LogP) is 1.68. The summed E-state index contributed by atoms with van der Waals surface area (Å²) in [7, 11) is 0. The van der Waals surface area contributed by atoms with Gasteiger partial charge in [0.05, 0.1) is 5.69 Å². The molecule has 5 heteroatoms. The lowest BCUT2D eigenvalue weighted by atomic mass is 10.2. The fourth-order valence-corrected chi connectivity index (χ4v) is 1.23. The van der Waals surface area contributed by atoms with E-state index in [-0.39, 0.29) is 5.96 Å². The van der Waals surface area contributed by atoms with Crippen LogP contribution in [0.1, 0.15) is 5.56 Å². The summed E-state index contributed by atoms with van der Waals surface area (Å²) in [6, 6.07) is 5.61. The van der Waals surface area contributed by atoms with Gasteiger partial charge in [0.2, 0.25) is 5.96 Å². The van der Waals surface area contributed by atoms with Gasteiger partial charge in [-0.3, -0.25) is 5.21 Å². The molecule has 0 aliphatic heterocycles. The van der Waals surface area contributed by atoms with E-state index in [4.69, 9.17) is 10.9 Å². The molecule has 0 radical (unpaired) electrons. The minimum atomic E-state index is -0.0358. The molecule has 0 aliphatic carbocycles. The van der Waals surface area contributed by atoms with Gasteiger partial charge in [-0.05, 0) is 34.5 Å². The fourth-order valence-electron chi connectivity index (χ4n) is 0.873. The minimum absolute atomic E-state index is 0.0358. The van der Waals surface area contributed by atoms with Crippen LogP contribution in [-0.4, -0.2) is 11.2 Å². The Morgan fingerprint density at radius 2 is 2.31 bits per heavy atom. The number of halogens is 1. The van der Waals surface area contributed by atoms with Crippen molar-refractivity contribution in [3.05, 3.63) is 28.2 Å². The number of rotatable bonds is 1. The van der Waals surface area contributed by atoms with Gasteiger partial charge in [-0.1, -0.05) is 12.1 Å². The van der Waals surface area contributed by atoms with Crippen molar-refractivity contribution < 1.29 is 5.21 Å². The van der Waals surface area contributed by atoms with Crippen molar-refractivity contribution in [3.63, 3.8) is 0 Å². The van der Waals surface area contributed by atoms with Crippen molar-refractivity contribution in [2.75, 3.05) is 0 Å². The number of nitrogens with one attached hydrogen (secondary N) is 1. The molecule has 0 saturated heterocycles. The third kappa shape index (κ3) is 2.43. The second kappa shape index (κ2) is 4.25. The van der Waals surface area contributed by atoms with Crippen LogP contribution < -0.4 is 11.2 Å². The summed E-state index contributed by atoms with van der Waals surface area (Å²) < 4.78 is 0.869. The molecule has 0 fully saturated rings. The maximum atomic E-state index is 8.44. The summed E-state index contributed by atoms with van der Waals surface area (Å²) in [5, 5.41) is 8.44. The van der Waals surface area contributed by atoms with Crippen molar-refractivity contribution in [2.24, 2.45) is 10.7 Å². The Kier molecular flexibility index (Phi) is 3.27. The Balaban J connectivity index is 3.09. The number of aliphatic imine (C=N–C) groups is 1. The molecule has 0 unspecified atom stereocenters. The highest BCUT2D eigenvalue weighted by Gasteiger charge is 2.00. The van der Waals surface area contributed by atoms with Gasteiger partial charge < -0.3 is 5.73 Å². The standard InChI is InChI=1S/C8H10BrN3O/c1-5-3-2-4-6(7(5)9)11-8(10)12-13/h2-4,13H,1H3,(H3,10,11,12). The van der Waals surface area contributed by atoms with Gasteiger partial charge in [-0.15, -0.1) is 0 Å². The van der Waals surface area contributed by atoms with Gasteiger partial charge in [0.25, 0.3) is 0 Å². The number of hydroxylamine groups is 1. The summed E-state index contributed by atoms with van der Waals surface area (Å²) in [5.74, 6) is -0.0358. The van der Waals surface area contributed by atoms with Crippen LogP contribution in [0.15, 0.2) is 27.7 Å². The zero-order chi connectivity index (χ0) is 9.84. The first-order valence-corrected chi connectivity index (χ1v) is 4.44. The van der Waals surface area contributed by atoms with E-state index in [2.05, 4.69) is 20.9 Å². The van der Waals surface area contributed by atoms with Gasteiger partial charge >= 0.3 is 0 Å². The van der Waals surface area contributed by atoms with Crippen LogP contribution in [0.4, 0.5) is 5.69 Å². The van der Waals surface area contributed by atoms with E-state index in [9.17, 15) is 0 Å². The highest BCUT2D eigenvalue weighted by Crippen LogP contribution is 2.27. The molecule has 0 bridgehead atoms. The molecule has 4 N–H and O–H groups in total. The van der Waals surface area contributed by atoms with Crippen LogP contribution in [0.25, 0.3) is 0 Å². The second-order valence-corrected chi connectivity index (χ2v) is 3.31. The maximum absolute atomic E-state index is 8.44. The van der Waals surface area contributed by atoms with Gasteiger partial charge in [0, 0.05) is 4.47 Å². The normalized spacial score (nSPS) is 11.5. The molecular formula is C8H10BrN3O. The number of hydrogen-bond donors (Lipinski definition) is 3. The summed E-state index contributed by atoms with van der Waals surface area (Å²) in [6.45, 7) is 1.95. The fraction of sp³-hybridized carbons (Fsp3) is 0.125. The quantitative estimate of drug-likeness (QED) is 0.400. The van der Waals surface area contributed by atoms with Crippen LogP contribution in [0.2, 0.25) is 0 Å². The Morgan fingerprint density at radius 3 is 2.92 bits per heavy atom. The molecule has 0 aliphatic rings. The Morgan fingerprint density at radius 1 is 1.62 bits per heavy atom. The van der Waals surface area contributed by atoms with E-state index in [0.29, 0.717) is 5.69 Å². The van der Waals surface area contributed by atoms with Gasteiger partial charge in [-0.2, -0.15) is 0 Å². The molecule has 0 aromatic heterocycles.